The Balaban J connectivity index is 1.71. The van der Waals surface area contributed by atoms with E-state index in [0.717, 1.165) is 16.3 Å². The molecule has 0 bridgehead atoms. The molecule has 1 amide bonds. The molecule has 2 atom stereocenters. The first-order valence-electron chi connectivity index (χ1n) is 7.70. The minimum Gasteiger partial charge on any atom is -0.446 e. The number of nitrogens with zero attached hydrogens (tertiary/aromatic N) is 1. The molecule has 2 unspecified atom stereocenters. The molecule has 4 N–H and O–H groups in total. The molecule has 0 aliphatic carbocycles. The summed E-state index contributed by atoms with van der Waals surface area (Å²) in [7, 11) is 0. The number of aliphatic hydroxyl groups excluding tert-OH is 1. The van der Waals surface area contributed by atoms with Gasteiger partial charge in [0, 0.05) is 6.54 Å². The van der Waals surface area contributed by atoms with Gasteiger partial charge in [-0.2, -0.15) is 0 Å². The molecule has 0 spiro atoms. The molecule has 1 heterocycles. The fourth-order valence-corrected chi connectivity index (χ4v) is 2.46. The fourth-order valence-electron chi connectivity index (χ4n) is 2.46. The zero-order valence-corrected chi connectivity index (χ0v) is 13.3. The Morgan fingerprint density at radius 3 is 2.83 bits per heavy atom. The lowest BCUT2D eigenvalue weighted by Crippen LogP contribution is -2.25. The molecule has 0 aliphatic rings. The number of fused-ring (bicyclic) bond motifs is 1. The number of amides is 1. The van der Waals surface area contributed by atoms with Crippen LogP contribution in [0, 0.1) is 0 Å². The Kier molecular flexibility index (Phi) is 4.59. The number of carbonyl (C=O) groups excluding carboxylic acids is 1. The number of aromatic nitrogens is 1. The molecule has 0 aliphatic heterocycles. The average Bonchev–Trinajstić information content (AvgIpc) is 3.09. The number of benzene rings is 2. The molecular formula is C18H19N3O3. The van der Waals surface area contributed by atoms with Crippen LogP contribution in [0.3, 0.4) is 0 Å². The van der Waals surface area contributed by atoms with E-state index in [9.17, 15) is 9.90 Å². The second kappa shape index (κ2) is 6.82. The number of rotatable bonds is 5. The van der Waals surface area contributed by atoms with Crippen LogP contribution in [-0.2, 0) is 6.54 Å². The Morgan fingerprint density at radius 1 is 1.29 bits per heavy atom. The van der Waals surface area contributed by atoms with E-state index in [2.05, 4.69) is 10.3 Å². The third kappa shape index (κ3) is 3.29. The number of nitrogens with one attached hydrogen (secondary N) is 1. The lowest BCUT2D eigenvalue weighted by Gasteiger charge is -2.09. The molecule has 0 saturated carbocycles. The highest BCUT2D eigenvalue weighted by Gasteiger charge is 2.20. The van der Waals surface area contributed by atoms with Crippen LogP contribution in [0.4, 0.5) is 0 Å². The van der Waals surface area contributed by atoms with Crippen molar-refractivity contribution in [2.45, 2.75) is 25.6 Å². The van der Waals surface area contributed by atoms with Crippen molar-refractivity contribution in [2.24, 2.45) is 5.73 Å². The SMILES string of the molecule is CC(O)C(N)c1nc(C(=O)NCc2cccc3ccccc23)co1. The van der Waals surface area contributed by atoms with Gasteiger partial charge in [-0.1, -0.05) is 42.5 Å². The molecule has 0 fully saturated rings. The van der Waals surface area contributed by atoms with E-state index in [1.54, 1.807) is 0 Å². The molecular weight excluding hydrogens is 306 g/mol. The maximum absolute atomic E-state index is 12.2. The lowest BCUT2D eigenvalue weighted by molar-refractivity contribution is 0.0945. The number of hydrogen-bond donors (Lipinski definition) is 3. The number of carbonyl (C=O) groups is 1. The van der Waals surface area contributed by atoms with Crippen molar-refractivity contribution in [3.05, 3.63) is 65.9 Å². The summed E-state index contributed by atoms with van der Waals surface area (Å²) >= 11 is 0. The average molecular weight is 325 g/mol. The standard InChI is InChI=1S/C18H19N3O3/c1-11(22)16(19)18-21-15(10-24-18)17(23)20-9-13-7-4-6-12-5-2-3-8-14(12)13/h2-8,10-11,16,22H,9,19H2,1H3,(H,20,23). The first kappa shape index (κ1) is 16.2. The fraction of sp³-hybridized carbons (Fsp3) is 0.222. The van der Waals surface area contributed by atoms with Gasteiger partial charge in [0.15, 0.2) is 5.69 Å². The minimum absolute atomic E-state index is 0.139. The number of hydrogen-bond acceptors (Lipinski definition) is 5. The van der Waals surface area contributed by atoms with Gasteiger partial charge in [0.05, 0.1) is 6.10 Å². The van der Waals surface area contributed by atoms with Gasteiger partial charge in [0.25, 0.3) is 5.91 Å². The minimum atomic E-state index is -0.810. The van der Waals surface area contributed by atoms with Crippen LogP contribution < -0.4 is 11.1 Å². The third-order valence-electron chi connectivity index (χ3n) is 3.88. The second-order valence-corrected chi connectivity index (χ2v) is 5.66. The van der Waals surface area contributed by atoms with Gasteiger partial charge in [-0.25, -0.2) is 4.98 Å². The van der Waals surface area contributed by atoms with Crippen molar-refractivity contribution in [3.63, 3.8) is 0 Å². The van der Waals surface area contributed by atoms with Crippen LogP contribution in [0.25, 0.3) is 10.8 Å². The van der Waals surface area contributed by atoms with Crippen LogP contribution in [0.2, 0.25) is 0 Å². The summed E-state index contributed by atoms with van der Waals surface area (Å²) in [6, 6.07) is 13.2. The predicted molar refractivity (Wildman–Crippen MR) is 90.2 cm³/mol. The van der Waals surface area contributed by atoms with Gasteiger partial charge in [0.1, 0.15) is 12.3 Å². The van der Waals surface area contributed by atoms with Crippen LogP contribution in [0.1, 0.15) is 34.9 Å². The Hall–Kier alpha value is -2.70. The number of nitrogens with two attached hydrogens (primary N) is 1. The van der Waals surface area contributed by atoms with Crippen molar-refractivity contribution < 1.29 is 14.3 Å². The first-order chi connectivity index (χ1) is 11.6. The van der Waals surface area contributed by atoms with E-state index < -0.39 is 12.1 Å². The Morgan fingerprint density at radius 2 is 2.04 bits per heavy atom. The summed E-state index contributed by atoms with van der Waals surface area (Å²) < 4.78 is 5.17. The molecule has 124 valence electrons. The molecule has 3 aromatic rings. The quantitative estimate of drug-likeness (QED) is 0.667. The van der Waals surface area contributed by atoms with Crippen molar-refractivity contribution >= 4 is 16.7 Å². The first-order valence-corrected chi connectivity index (χ1v) is 7.70. The molecule has 6 nitrogen and oxygen atoms in total. The van der Waals surface area contributed by atoms with Crippen LogP contribution >= 0.6 is 0 Å². The smallest absolute Gasteiger partial charge is 0.273 e. The van der Waals surface area contributed by atoms with Crippen LogP contribution in [0.15, 0.2) is 53.1 Å². The Bertz CT molecular complexity index is 852. The second-order valence-electron chi connectivity index (χ2n) is 5.66. The maximum Gasteiger partial charge on any atom is 0.273 e. The van der Waals surface area contributed by atoms with Crippen molar-refractivity contribution in [3.8, 4) is 0 Å². The van der Waals surface area contributed by atoms with E-state index in [4.69, 9.17) is 10.2 Å². The van der Waals surface area contributed by atoms with Crippen molar-refractivity contribution in [2.75, 3.05) is 0 Å². The van der Waals surface area contributed by atoms with Gasteiger partial charge in [-0.05, 0) is 23.3 Å². The summed E-state index contributed by atoms with van der Waals surface area (Å²) in [6.07, 6.45) is 0.436. The predicted octanol–water partition coefficient (Wildman–Crippen LogP) is 2.14. The van der Waals surface area contributed by atoms with Gasteiger partial charge >= 0.3 is 0 Å². The van der Waals surface area contributed by atoms with E-state index in [1.165, 1.54) is 13.2 Å². The highest BCUT2D eigenvalue weighted by Crippen LogP contribution is 2.18. The van der Waals surface area contributed by atoms with Gasteiger partial charge in [0.2, 0.25) is 5.89 Å². The molecule has 6 heteroatoms. The number of aliphatic hydroxyl groups is 1. The van der Waals surface area contributed by atoms with Gasteiger partial charge < -0.3 is 20.6 Å². The monoisotopic (exact) mass is 325 g/mol. The summed E-state index contributed by atoms with van der Waals surface area (Å²) in [5.41, 5.74) is 6.90. The van der Waals surface area contributed by atoms with Crippen molar-refractivity contribution in [1.82, 2.24) is 10.3 Å². The molecule has 1 aromatic heterocycles. The van der Waals surface area contributed by atoms with Crippen LogP contribution in [0.5, 0.6) is 0 Å². The van der Waals surface area contributed by atoms with Gasteiger partial charge in [-0.15, -0.1) is 0 Å². The summed E-state index contributed by atoms with van der Waals surface area (Å²) in [4.78, 5) is 16.3. The van der Waals surface area contributed by atoms with E-state index in [-0.39, 0.29) is 17.5 Å². The molecule has 3 rings (SSSR count). The highest BCUT2D eigenvalue weighted by molar-refractivity contribution is 5.92. The molecule has 2 aromatic carbocycles. The van der Waals surface area contributed by atoms with E-state index >= 15 is 0 Å². The van der Waals surface area contributed by atoms with E-state index in [1.807, 2.05) is 42.5 Å². The van der Waals surface area contributed by atoms with Crippen LogP contribution in [-0.4, -0.2) is 22.1 Å². The lowest BCUT2D eigenvalue weighted by atomic mass is 10.0. The van der Waals surface area contributed by atoms with Crippen molar-refractivity contribution in [1.29, 1.82) is 0 Å². The summed E-state index contributed by atoms with van der Waals surface area (Å²) in [5, 5.41) is 14.5. The largest absolute Gasteiger partial charge is 0.446 e. The van der Waals surface area contributed by atoms with Gasteiger partial charge in [-0.3, -0.25) is 4.79 Å². The zero-order valence-electron chi connectivity index (χ0n) is 13.3. The topological polar surface area (TPSA) is 101 Å². The maximum atomic E-state index is 12.2. The van der Waals surface area contributed by atoms with E-state index in [0.29, 0.717) is 6.54 Å². The number of oxazole rings is 1. The molecule has 0 saturated heterocycles. The summed E-state index contributed by atoms with van der Waals surface area (Å²) in [6.45, 7) is 1.92. The molecule has 0 radical (unpaired) electrons. The zero-order chi connectivity index (χ0) is 17.1. The molecule has 24 heavy (non-hydrogen) atoms. The third-order valence-corrected chi connectivity index (χ3v) is 3.88. The normalized spacial score (nSPS) is 13.6. The summed E-state index contributed by atoms with van der Waals surface area (Å²) in [5.74, 6) is -0.212. The highest BCUT2D eigenvalue weighted by atomic mass is 16.3. The Labute approximate surface area is 139 Å².